The molecule has 8 aliphatic rings. The number of hydrogen-bond acceptors (Lipinski definition) is 17. The smallest absolute Gasteiger partial charge is 0.432 e. The van der Waals surface area contributed by atoms with Crippen molar-refractivity contribution in [3.8, 4) is 0 Å². The zero-order valence-electron chi connectivity index (χ0n) is 42.5. The van der Waals surface area contributed by atoms with Crippen molar-refractivity contribution in [3.63, 3.8) is 0 Å². The van der Waals surface area contributed by atoms with E-state index in [1.807, 2.05) is 0 Å². The summed E-state index contributed by atoms with van der Waals surface area (Å²) in [6.07, 6.45) is 7.05. The number of carboxylic acid groups (broad SMARTS) is 1. The van der Waals surface area contributed by atoms with Crippen LogP contribution < -0.4 is 32.1 Å². The van der Waals surface area contributed by atoms with E-state index in [-0.39, 0.29) is 62.7 Å². The van der Waals surface area contributed by atoms with E-state index in [9.17, 15) is 50.4 Å². The van der Waals surface area contributed by atoms with Gasteiger partial charge in [-0.05, 0) is 90.3 Å². The molecule has 0 spiro atoms. The number of carbonyl (C=O) groups is 7. The number of imide groups is 1. The molecule has 0 saturated carbocycles. The largest absolute Gasteiger partial charge is 0.542 e. The molecule has 0 aromatic heterocycles. The molecule has 8 rings (SSSR count). The first-order valence-electron chi connectivity index (χ1n) is 26.0. The van der Waals surface area contributed by atoms with Gasteiger partial charge in [0, 0.05) is 110 Å². The monoisotopic (exact) mass is 1100 g/mol. The maximum Gasteiger partial charge on any atom is 0.432 e. The summed E-state index contributed by atoms with van der Waals surface area (Å²) in [5.74, 6) is -4.48. The van der Waals surface area contributed by atoms with Gasteiger partial charge in [-0.2, -0.15) is 21.6 Å². The number of β-lactam (4-membered cyclic amide) rings is 2. The molecule has 430 valence electrons. The molecule has 30 heteroatoms. The summed E-state index contributed by atoms with van der Waals surface area (Å²) in [5, 5.41) is 46.4. The second kappa shape index (κ2) is 31.0. The molecule has 7 atom stereocenters. The van der Waals surface area contributed by atoms with E-state index in [1.54, 1.807) is 0 Å². The Bertz CT molecular complexity index is 1980. The first-order valence-corrected chi connectivity index (χ1v) is 27.4. The number of nitrogens with zero attached hydrogens (tertiary/aromatic N) is 6. The third-order valence-electron chi connectivity index (χ3n) is 14.1. The van der Waals surface area contributed by atoms with Crippen molar-refractivity contribution < 1.29 is 96.0 Å². The highest BCUT2D eigenvalue weighted by atomic mass is 32.2. The number of aliphatic carboxylic acids is 1. The predicted molar refractivity (Wildman–Crippen MR) is 255 cm³/mol. The summed E-state index contributed by atoms with van der Waals surface area (Å²) in [7, 11) is -4.56. The van der Waals surface area contributed by atoms with Crippen LogP contribution in [0.1, 0.15) is 103 Å². The van der Waals surface area contributed by atoms with Gasteiger partial charge in [0.2, 0.25) is 0 Å². The fourth-order valence-corrected chi connectivity index (χ4v) is 10.9. The Hall–Kier alpha value is -4.53. The number of nitrogens with two attached hydrogens (primary N) is 1. The fourth-order valence-electron chi connectivity index (χ4n) is 10.0. The number of fused-ring (bicyclic) bond motifs is 2. The van der Waals surface area contributed by atoms with E-state index >= 15 is 0 Å². The number of quaternary nitrogens is 2. The Kier molecular flexibility index (Phi) is 26.1. The number of halogens is 3. The van der Waals surface area contributed by atoms with Crippen molar-refractivity contribution in [1.29, 1.82) is 0 Å². The number of rotatable bonds is 13. The van der Waals surface area contributed by atoms with Crippen LogP contribution in [0.3, 0.4) is 0 Å². The highest BCUT2D eigenvalue weighted by molar-refractivity contribution is 7.84. The van der Waals surface area contributed by atoms with Gasteiger partial charge in [0.15, 0.2) is 6.04 Å². The van der Waals surface area contributed by atoms with Gasteiger partial charge < -0.3 is 76.7 Å². The van der Waals surface area contributed by atoms with Gasteiger partial charge in [-0.1, -0.05) is 0 Å². The predicted octanol–water partition coefficient (Wildman–Crippen LogP) is -4.38. The van der Waals surface area contributed by atoms with Crippen molar-refractivity contribution in [2.75, 3.05) is 91.8 Å². The molecule has 0 bridgehead atoms. The van der Waals surface area contributed by atoms with Gasteiger partial charge in [-0.25, -0.2) is 13.9 Å². The molecule has 8 aliphatic heterocycles. The van der Waals surface area contributed by atoms with E-state index < -0.39 is 58.3 Å². The third kappa shape index (κ3) is 20.4. The third-order valence-corrected chi connectivity index (χ3v) is 15.1. The number of nitrogens with one attached hydrogen (secondary N) is 3. The normalized spacial score (nSPS) is 27.2. The van der Waals surface area contributed by atoms with Crippen molar-refractivity contribution >= 4 is 52.0 Å². The molecule has 8 fully saturated rings. The molecule has 0 aromatic carbocycles. The van der Waals surface area contributed by atoms with Crippen LogP contribution >= 0.6 is 0 Å². The molecule has 0 radical (unpaired) electrons. The minimum atomic E-state index is -5.19. The quantitative estimate of drug-likeness (QED) is 0.0478. The van der Waals surface area contributed by atoms with Crippen molar-refractivity contribution in [2.45, 2.75) is 151 Å². The molecule has 7 amide bonds. The summed E-state index contributed by atoms with van der Waals surface area (Å²) in [6, 6.07) is -0.376. The lowest BCUT2D eigenvalue weighted by molar-refractivity contribution is -0.662. The molecule has 8 saturated heterocycles. The maximum absolute atomic E-state index is 12.6. The lowest BCUT2D eigenvalue weighted by Gasteiger charge is -2.42. The van der Waals surface area contributed by atoms with Crippen LogP contribution in [0, 0.1) is 0 Å². The van der Waals surface area contributed by atoms with Crippen LogP contribution in [0.15, 0.2) is 0 Å². The van der Waals surface area contributed by atoms with E-state index in [0.29, 0.717) is 34.5 Å². The Morgan fingerprint density at radius 1 is 0.733 bits per heavy atom. The van der Waals surface area contributed by atoms with E-state index in [0.717, 1.165) is 117 Å². The Labute approximate surface area is 435 Å². The molecule has 26 nitrogen and oxygen atoms in total. The number of likely N-dealkylation sites (tertiary alicyclic amines) is 4. The van der Waals surface area contributed by atoms with Crippen molar-refractivity contribution in [3.05, 3.63) is 0 Å². The van der Waals surface area contributed by atoms with Crippen LogP contribution in [0.4, 0.5) is 22.8 Å². The highest BCUT2D eigenvalue weighted by Crippen LogP contribution is 2.35. The number of urea groups is 1. The minimum absolute atomic E-state index is 0.00790. The number of amides is 7. The average molecular weight is 1100 g/mol. The Balaban J connectivity index is 0.000000221. The summed E-state index contributed by atoms with van der Waals surface area (Å²) in [6.45, 7) is 10.8. The standard InChI is InChI=1S/C15H26N4O6S.C14H23N3O5.C9H20N2O.C5H8N2O.C2HF3O2/c20-10-2-7-17-6-1-3-11(4-8-17)16-15(22)18-9-5-12-13(18)14(21)19(12)26(23,24)25;18-10-2-8-16-7-1-3-11(6-9-16)15-14(21)22-17-12(19)4-5-13(17)20;10-9-3-1-5-11(7-4-9)6-2-8-12;8-5-4-3(7-5)1-2-6-4;3-2(4,5)1(6)7/h11-13,20H,1-10H2,(H,16,22)(H,23,24,25);11,18H,1-10H2,(H,15,21);9,12H,1-8,10H2;3-4,6H,1-2H2,(H,7,8);(H,6,7)/p+1/t11-,12+,13-;11-;9-;3-,4+;/m0001./s1. The topological polar surface area (TPSA) is 367 Å². The first-order chi connectivity index (χ1) is 35.6. The van der Waals surface area contributed by atoms with Gasteiger partial charge in [0.05, 0.1) is 24.7 Å². The first kappa shape index (κ1) is 63.0. The van der Waals surface area contributed by atoms with Gasteiger partial charge >= 0.3 is 28.6 Å². The van der Waals surface area contributed by atoms with Gasteiger partial charge in [-0.15, -0.1) is 5.06 Å². The van der Waals surface area contributed by atoms with Crippen LogP contribution in [0.5, 0.6) is 0 Å². The summed E-state index contributed by atoms with van der Waals surface area (Å²) in [5.41, 5.74) is 4.10. The zero-order chi connectivity index (χ0) is 55.3. The number of hydrogen-bond donors (Lipinski definition) is 9. The number of aliphatic hydroxyl groups excluding tert-OH is 3. The van der Waals surface area contributed by atoms with Crippen LogP contribution in [-0.4, -0.2) is 239 Å². The lowest BCUT2D eigenvalue weighted by Crippen LogP contribution is -2.95. The lowest BCUT2D eigenvalue weighted by atomic mass is 10.0. The summed E-state index contributed by atoms with van der Waals surface area (Å²) in [4.78, 5) is 91.7. The van der Waals surface area contributed by atoms with E-state index in [4.69, 9.17) is 34.6 Å². The Morgan fingerprint density at radius 2 is 1.23 bits per heavy atom. The number of alkyl halides is 3. The average Bonchev–Trinajstić information content (AvgIpc) is 3.80. The molecule has 0 aromatic rings. The fraction of sp³-hybridized carbons (Fsp3) is 0.844. The highest BCUT2D eigenvalue weighted by Gasteiger charge is 2.60. The second-order valence-corrected chi connectivity index (χ2v) is 21.0. The molecule has 0 aliphatic carbocycles. The number of carbonyl (C=O) groups excluding carboxylic acids is 7. The van der Waals surface area contributed by atoms with Crippen molar-refractivity contribution in [1.82, 2.24) is 44.9 Å². The van der Waals surface area contributed by atoms with E-state index in [1.165, 1.54) is 37.3 Å². The summed E-state index contributed by atoms with van der Waals surface area (Å²) >= 11 is 0. The number of hydroxylamine groups is 2. The van der Waals surface area contributed by atoms with E-state index in [2.05, 4.69) is 41.7 Å². The molecule has 75 heavy (non-hydrogen) atoms. The van der Waals surface area contributed by atoms with Gasteiger partial charge in [0.25, 0.3) is 23.6 Å². The minimum Gasteiger partial charge on any atom is -0.542 e. The number of carboxylic acids is 1. The maximum atomic E-state index is 12.6. The molecular formula is C45H79F3N11O15S+. The molecule has 12 N–H and O–H groups in total. The van der Waals surface area contributed by atoms with Crippen LogP contribution in [0.25, 0.3) is 0 Å². The van der Waals surface area contributed by atoms with Crippen molar-refractivity contribution in [2.24, 2.45) is 0 Å². The van der Waals surface area contributed by atoms with Gasteiger partial charge in [0.1, 0.15) is 12.0 Å². The summed E-state index contributed by atoms with van der Waals surface area (Å²) < 4.78 is 63.6. The molecule has 8 heterocycles. The SMILES string of the molecule is O=C(N[C@H]1CCCN(CCCO)CC1)N1CC[C@@H]2[C@H]1C(=O)N2S(=O)(=O)O.O=C(N[C@H]1CCCN(CCCO)CC1)ON1C(=O)CCC1=O.O=C([O-])C(F)(F)F.O=C1N[C@@H]2CC[NH2+][C@H]12.[NH3+][C@H]1CCCN(CCCO)CC1. The van der Waals surface area contributed by atoms with Gasteiger partial charge in [-0.3, -0.25) is 23.7 Å². The van der Waals surface area contributed by atoms with Crippen LogP contribution in [-0.2, 0) is 39.1 Å². The number of aliphatic hydroxyl groups is 3. The molecular weight excluding hydrogens is 1020 g/mol. The second-order valence-electron chi connectivity index (χ2n) is 19.7. The molecule has 0 unspecified atom stereocenters. The Morgan fingerprint density at radius 3 is 1.68 bits per heavy atom. The zero-order valence-corrected chi connectivity index (χ0v) is 43.4. The van der Waals surface area contributed by atoms with Crippen LogP contribution in [0.2, 0.25) is 0 Å².